The van der Waals surface area contributed by atoms with Crippen molar-refractivity contribution in [3.8, 4) is 0 Å². The van der Waals surface area contributed by atoms with Gasteiger partial charge < -0.3 is 4.57 Å². The molecule has 2 heteroatoms. The molecule has 1 heterocycles. The van der Waals surface area contributed by atoms with E-state index in [9.17, 15) is 4.79 Å². The zero-order chi connectivity index (χ0) is 11.8. The second kappa shape index (κ2) is 3.78. The molecule has 0 aliphatic heterocycles. The highest BCUT2D eigenvalue weighted by atomic mass is 16.1. The molecule has 2 aromatic rings. The van der Waals surface area contributed by atoms with Crippen LogP contribution in [0, 0.1) is 0 Å². The second-order valence-corrected chi connectivity index (χ2v) is 4.74. The van der Waals surface area contributed by atoms with Gasteiger partial charge in [-0.2, -0.15) is 0 Å². The van der Waals surface area contributed by atoms with E-state index in [4.69, 9.17) is 0 Å². The van der Waals surface area contributed by atoms with Crippen LogP contribution in [-0.4, -0.2) is 4.57 Å². The third-order valence-electron chi connectivity index (χ3n) is 3.33. The van der Waals surface area contributed by atoms with Crippen LogP contribution < -0.4 is 5.56 Å². The lowest BCUT2D eigenvalue weighted by molar-refractivity contribution is 0.333. The van der Waals surface area contributed by atoms with Crippen molar-refractivity contribution in [3.63, 3.8) is 0 Å². The van der Waals surface area contributed by atoms with Gasteiger partial charge in [0, 0.05) is 17.1 Å². The fourth-order valence-electron chi connectivity index (χ4n) is 1.84. The first-order chi connectivity index (χ1) is 7.56. The van der Waals surface area contributed by atoms with Gasteiger partial charge in [-0.05, 0) is 37.8 Å². The molecule has 0 N–H and O–H groups in total. The highest BCUT2D eigenvalue weighted by Crippen LogP contribution is 2.18. The Morgan fingerprint density at radius 3 is 2.56 bits per heavy atom. The number of hydrogen-bond donors (Lipinski definition) is 0. The molecular weight excluding hydrogens is 198 g/mol. The third-order valence-corrected chi connectivity index (χ3v) is 3.33. The van der Waals surface area contributed by atoms with E-state index in [0.29, 0.717) is 0 Å². The summed E-state index contributed by atoms with van der Waals surface area (Å²) in [5, 5.41) is 1.81. The van der Waals surface area contributed by atoms with Crippen LogP contribution in [0.1, 0.15) is 27.2 Å². The van der Waals surface area contributed by atoms with Crippen LogP contribution in [-0.2, 0) is 5.54 Å². The first kappa shape index (κ1) is 10.9. The molecule has 0 unspecified atom stereocenters. The quantitative estimate of drug-likeness (QED) is 0.754. The van der Waals surface area contributed by atoms with Gasteiger partial charge >= 0.3 is 0 Å². The van der Waals surface area contributed by atoms with E-state index in [0.717, 1.165) is 17.2 Å². The molecule has 2 nitrogen and oxygen atoms in total. The van der Waals surface area contributed by atoms with Gasteiger partial charge in [-0.3, -0.25) is 4.79 Å². The van der Waals surface area contributed by atoms with Gasteiger partial charge in [0.15, 0.2) is 0 Å². The van der Waals surface area contributed by atoms with Gasteiger partial charge in [-0.1, -0.05) is 25.1 Å². The van der Waals surface area contributed by atoms with Crippen LogP contribution in [0.2, 0.25) is 0 Å². The van der Waals surface area contributed by atoms with Crippen LogP contribution >= 0.6 is 0 Å². The van der Waals surface area contributed by atoms with E-state index in [2.05, 4.69) is 20.8 Å². The molecule has 0 fully saturated rings. The Labute approximate surface area is 95.5 Å². The summed E-state index contributed by atoms with van der Waals surface area (Å²) in [6, 6.07) is 9.73. The summed E-state index contributed by atoms with van der Waals surface area (Å²) >= 11 is 0. The normalized spacial score (nSPS) is 11.9. The molecule has 0 saturated carbocycles. The van der Waals surface area contributed by atoms with Crippen LogP contribution in [0.15, 0.2) is 41.3 Å². The first-order valence-corrected chi connectivity index (χ1v) is 5.67. The van der Waals surface area contributed by atoms with Crippen LogP contribution in [0.3, 0.4) is 0 Å². The van der Waals surface area contributed by atoms with E-state index in [-0.39, 0.29) is 11.1 Å². The summed E-state index contributed by atoms with van der Waals surface area (Å²) in [4.78, 5) is 12.3. The molecule has 0 bridgehead atoms. The number of benzene rings is 1. The Morgan fingerprint density at radius 1 is 1.19 bits per heavy atom. The number of hydrogen-bond acceptors (Lipinski definition) is 1. The van der Waals surface area contributed by atoms with Crippen LogP contribution in [0.5, 0.6) is 0 Å². The van der Waals surface area contributed by atoms with Gasteiger partial charge in [0.05, 0.1) is 0 Å². The second-order valence-electron chi connectivity index (χ2n) is 4.74. The number of fused-ring (bicyclic) bond motifs is 1. The van der Waals surface area contributed by atoms with Crippen molar-refractivity contribution in [2.24, 2.45) is 0 Å². The molecule has 0 aliphatic carbocycles. The molecule has 1 aromatic carbocycles. The fraction of sp³-hybridized carbons (Fsp3) is 0.357. The number of pyridine rings is 1. The van der Waals surface area contributed by atoms with E-state index in [1.54, 1.807) is 0 Å². The molecular formula is C14H17NO. The highest BCUT2D eigenvalue weighted by Gasteiger charge is 2.19. The lowest BCUT2D eigenvalue weighted by Gasteiger charge is -2.26. The predicted molar refractivity (Wildman–Crippen MR) is 67.8 cm³/mol. The smallest absolute Gasteiger partial charge is 0.258 e. The summed E-state index contributed by atoms with van der Waals surface area (Å²) in [6.45, 7) is 6.27. The van der Waals surface area contributed by atoms with Gasteiger partial charge in [-0.15, -0.1) is 0 Å². The monoisotopic (exact) mass is 215 g/mol. The van der Waals surface area contributed by atoms with E-state index < -0.39 is 0 Å². The zero-order valence-corrected chi connectivity index (χ0v) is 10.0. The van der Waals surface area contributed by atoms with Gasteiger partial charge in [-0.25, -0.2) is 0 Å². The zero-order valence-electron chi connectivity index (χ0n) is 10.0. The Morgan fingerprint density at radius 2 is 1.88 bits per heavy atom. The molecule has 0 amide bonds. The summed E-state index contributed by atoms with van der Waals surface area (Å²) in [7, 11) is 0. The van der Waals surface area contributed by atoms with Crippen molar-refractivity contribution < 1.29 is 0 Å². The minimum Gasteiger partial charge on any atom is -0.309 e. The van der Waals surface area contributed by atoms with Crippen molar-refractivity contribution in [1.29, 1.82) is 0 Å². The predicted octanol–water partition coefficient (Wildman–Crippen LogP) is 3.15. The SMILES string of the molecule is CCC(C)(C)n1ccc2ccccc2c1=O. The summed E-state index contributed by atoms with van der Waals surface area (Å²) in [6.07, 6.45) is 2.83. The maximum atomic E-state index is 12.3. The van der Waals surface area contributed by atoms with Crippen molar-refractivity contribution in [1.82, 2.24) is 4.57 Å². The average Bonchev–Trinajstić information content (AvgIpc) is 2.29. The van der Waals surface area contributed by atoms with Gasteiger partial charge in [0.1, 0.15) is 0 Å². The molecule has 0 saturated heterocycles. The summed E-state index contributed by atoms with van der Waals surface area (Å²) in [5.41, 5.74) is -0.0221. The number of nitrogens with zero attached hydrogens (tertiary/aromatic N) is 1. The molecule has 1 aromatic heterocycles. The van der Waals surface area contributed by atoms with Crippen LogP contribution in [0.4, 0.5) is 0 Å². The highest BCUT2D eigenvalue weighted by molar-refractivity contribution is 5.81. The van der Waals surface area contributed by atoms with Gasteiger partial charge in [0.2, 0.25) is 0 Å². The Bertz CT molecular complexity index is 566. The molecule has 84 valence electrons. The number of aromatic nitrogens is 1. The van der Waals surface area contributed by atoms with Crippen molar-refractivity contribution in [2.75, 3.05) is 0 Å². The average molecular weight is 215 g/mol. The van der Waals surface area contributed by atoms with E-state index in [1.807, 2.05) is 41.1 Å². The minimum absolute atomic E-state index is 0.102. The molecule has 2 rings (SSSR count). The van der Waals surface area contributed by atoms with Crippen molar-refractivity contribution >= 4 is 10.8 Å². The standard InChI is InChI=1S/C14H17NO/c1-4-14(2,3)15-10-9-11-7-5-6-8-12(11)13(15)16/h5-10H,4H2,1-3H3. The largest absolute Gasteiger partial charge is 0.309 e. The fourth-order valence-corrected chi connectivity index (χ4v) is 1.84. The summed E-state index contributed by atoms with van der Waals surface area (Å²) < 4.78 is 1.83. The maximum absolute atomic E-state index is 12.3. The Kier molecular flexibility index (Phi) is 2.58. The molecule has 16 heavy (non-hydrogen) atoms. The number of rotatable bonds is 2. The van der Waals surface area contributed by atoms with Crippen LogP contribution in [0.25, 0.3) is 10.8 Å². The molecule has 0 spiro atoms. The topological polar surface area (TPSA) is 22.0 Å². The molecule has 0 radical (unpaired) electrons. The third kappa shape index (κ3) is 1.64. The minimum atomic E-state index is -0.124. The molecule has 0 aliphatic rings. The van der Waals surface area contributed by atoms with Crippen molar-refractivity contribution in [3.05, 3.63) is 46.9 Å². The molecule has 0 atom stereocenters. The first-order valence-electron chi connectivity index (χ1n) is 5.67. The van der Waals surface area contributed by atoms with E-state index >= 15 is 0 Å². The van der Waals surface area contributed by atoms with E-state index in [1.165, 1.54) is 0 Å². The van der Waals surface area contributed by atoms with Gasteiger partial charge in [0.25, 0.3) is 5.56 Å². The lowest BCUT2D eigenvalue weighted by atomic mass is 10.0. The summed E-state index contributed by atoms with van der Waals surface area (Å²) in [5.74, 6) is 0. The lowest BCUT2D eigenvalue weighted by Crippen LogP contribution is -2.35. The Hall–Kier alpha value is -1.57. The maximum Gasteiger partial charge on any atom is 0.258 e. The van der Waals surface area contributed by atoms with Crippen molar-refractivity contribution in [2.45, 2.75) is 32.7 Å². The Balaban J connectivity index is 2.76.